The largest absolute Gasteiger partial charge is 0.348 e. The number of halogens is 2. The van der Waals surface area contributed by atoms with Gasteiger partial charge in [-0.25, -0.2) is 4.39 Å². The van der Waals surface area contributed by atoms with Crippen molar-refractivity contribution < 1.29 is 13.9 Å². The van der Waals surface area contributed by atoms with Crippen LogP contribution in [0, 0.1) is 11.7 Å². The predicted molar refractivity (Wildman–Crippen MR) is 70.5 cm³/mol. The molecule has 0 N–H and O–H groups in total. The second-order valence-corrected chi connectivity index (χ2v) is 5.57. The molecular weight excluding hydrogens is 334 g/mol. The van der Waals surface area contributed by atoms with Crippen molar-refractivity contribution in [3.63, 3.8) is 0 Å². The van der Waals surface area contributed by atoms with Gasteiger partial charge in [-0.1, -0.05) is 34.7 Å². The molecule has 0 radical (unpaired) electrons. The fraction of sp³-hybridized carbons (Fsp3) is 0.538. The fourth-order valence-corrected chi connectivity index (χ4v) is 3.21. The van der Waals surface area contributed by atoms with Crippen molar-refractivity contribution in [1.82, 2.24) is 0 Å². The van der Waals surface area contributed by atoms with E-state index in [1.165, 1.54) is 12.1 Å². The molecular formula is C13H14FIO2. The Morgan fingerprint density at radius 2 is 1.94 bits per heavy atom. The number of benzene rings is 1. The van der Waals surface area contributed by atoms with Crippen molar-refractivity contribution >= 4 is 22.6 Å². The number of hydrogen-bond donors (Lipinski definition) is 0. The third-order valence-corrected chi connectivity index (χ3v) is 4.49. The van der Waals surface area contributed by atoms with Gasteiger partial charge in [0.15, 0.2) is 6.29 Å². The zero-order valence-corrected chi connectivity index (χ0v) is 11.5. The molecule has 2 fully saturated rings. The van der Waals surface area contributed by atoms with Gasteiger partial charge in [0.05, 0.1) is 12.2 Å². The number of fused-ring (bicyclic) bond motifs is 1. The third-order valence-electron chi connectivity index (χ3n) is 3.51. The molecule has 2 heterocycles. The Balaban J connectivity index is 1.68. The maximum atomic E-state index is 12.8. The first-order valence-electron chi connectivity index (χ1n) is 5.88. The lowest BCUT2D eigenvalue weighted by molar-refractivity contribution is -0.135. The van der Waals surface area contributed by atoms with Crippen molar-refractivity contribution in [2.75, 3.05) is 4.43 Å². The molecule has 4 unspecified atom stereocenters. The Hall–Kier alpha value is -0.200. The molecule has 0 aliphatic carbocycles. The highest BCUT2D eigenvalue weighted by molar-refractivity contribution is 14.1. The van der Waals surface area contributed by atoms with Gasteiger partial charge in [-0.05, 0) is 30.5 Å². The van der Waals surface area contributed by atoms with E-state index < -0.39 is 0 Å². The SMILES string of the molecule is Fc1ccc(C2CC3CC(CI)OC3O2)cc1. The zero-order valence-electron chi connectivity index (χ0n) is 9.31. The lowest BCUT2D eigenvalue weighted by Crippen LogP contribution is -2.14. The molecule has 3 rings (SSSR count). The van der Waals surface area contributed by atoms with E-state index >= 15 is 0 Å². The van der Waals surface area contributed by atoms with Gasteiger partial charge in [-0.2, -0.15) is 0 Å². The minimum Gasteiger partial charge on any atom is -0.348 e. The van der Waals surface area contributed by atoms with E-state index in [2.05, 4.69) is 22.6 Å². The normalized spacial score (nSPS) is 36.1. The monoisotopic (exact) mass is 348 g/mol. The van der Waals surface area contributed by atoms with Crippen molar-refractivity contribution in [2.45, 2.75) is 31.3 Å². The van der Waals surface area contributed by atoms with Gasteiger partial charge in [0.1, 0.15) is 5.82 Å². The minimum atomic E-state index is -0.201. The molecule has 4 atom stereocenters. The highest BCUT2D eigenvalue weighted by atomic mass is 127. The van der Waals surface area contributed by atoms with Crippen LogP contribution in [0.1, 0.15) is 24.5 Å². The summed E-state index contributed by atoms with van der Waals surface area (Å²) in [4.78, 5) is 0. The average molecular weight is 348 g/mol. The summed E-state index contributed by atoms with van der Waals surface area (Å²) < 4.78 is 25.6. The van der Waals surface area contributed by atoms with Crippen molar-refractivity contribution in [3.8, 4) is 0 Å². The van der Waals surface area contributed by atoms with Gasteiger partial charge in [0.25, 0.3) is 0 Å². The first kappa shape index (κ1) is 11.9. The van der Waals surface area contributed by atoms with Crippen LogP contribution in [0.5, 0.6) is 0 Å². The number of hydrogen-bond acceptors (Lipinski definition) is 2. The smallest absolute Gasteiger partial charge is 0.161 e. The summed E-state index contributed by atoms with van der Waals surface area (Å²) in [5.74, 6) is 0.304. The maximum absolute atomic E-state index is 12.8. The van der Waals surface area contributed by atoms with E-state index in [9.17, 15) is 4.39 Å². The summed E-state index contributed by atoms with van der Waals surface area (Å²) in [5.41, 5.74) is 1.05. The maximum Gasteiger partial charge on any atom is 0.161 e. The van der Waals surface area contributed by atoms with Crippen molar-refractivity contribution in [1.29, 1.82) is 0 Å². The van der Waals surface area contributed by atoms with E-state index in [4.69, 9.17) is 9.47 Å². The molecule has 0 spiro atoms. The summed E-state index contributed by atoms with van der Waals surface area (Å²) >= 11 is 2.35. The summed E-state index contributed by atoms with van der Waals surface area (Å²) in [5, 5.41) is 0. The van der Waals surface area contributed by atoms with Gasteiger partial charge in [-0.15, -0.1) is 0 Å². The molecule has 0 amide bonds. The Morgan fingerprint density at radius 1 is 1.18 bits per heavy atom. The highest BCUT2D eigenvalue weighted by Gasteiger charge is 2.43. The van der Waals surface area contributed by atoms with Crippen LogP contribution in [0.2, 0.25) is 0 Å². The summed E-state index contributed by atoms with van der Waals surface area (Å²) in [6.45, 7) is 0. The van der Waals surface area contributed by atoms with Crippen molar-refractivity contribution in [2.24, 2.45) is 5.92 Å². The van der Waals surface area contributed by atoms with E-state index in [1.807, 2.05) is 0 Å². The van der Waals surface area contributed by atoms with Crippen LogP contribution in [0.4, 0.5) is 4.39 Å². The summed E-state index contributed by atoms with van der Waals surface area (Å²) in [6, 6.07) is 6.58. The van der Waals surface area contributed by atoms with Crippen molar-refractivity contribution in [3.05, 3.63) is 35.6 Å². The molecule has 1 aromatic rings. The minimum absolute atomic E-state index is 0.0511. The first-order chi connectivity index (χ1) is 8.26. The molecule has 1 aromatic carbocycles. The van der Waals surface area contributed by atoms with Gasteiger partial charge >= 0.3 is 0 Å². The van der Waals surface area contributed by atoms with Crippen LogP contribution in [-0.4, -0.2) is 16.8 Å². The van der Waals surface area contributed by atoms with E-state index in [-0.39, 0.29) is 18.2 Å². The Bertz CT molecular complexity index is 381. The van der Waals surface area contributed by atoms with Crippen LogP contribution < -0.4 is 0 Å². The van der Waals surface area contributed by atoms with E-state index in [1.54, 1.807) is 12.1 Å². The molecule has 0 saturated carbocycles. The number of ether oxygens (including phenoxy) is 2. The van der Waals surface area contributed by atoms with Crippen LogP contribution in [0.25, 0.3) is 0 Å². The zero-order chi connectivity index (χ0) is 11.8. The van der Waals surface area contributed by atoms with Crippen LogP contribution in [0.3, 0.4) is 0 Å². The molecule has 0 aromatic heterocycles. The Labute approximate surface area is 114 Å². The molecule has 2 aliphatic rings. The summed E-state index contributed by atoms with van der Waals surface area (Å²) in [6.07, 6.45) is 2.44. The second-order valence-electron chi connectivity index (χ2n) is 4.69. The molecule has 0 bridgehead atoms. The molecule has 2 saturated heterocycles. The first-order valence-corrected chi connectivity index (χ1v) is 7.41. The Kier molecular flexibility index (Phi) is 3.36. The highest BCUT2D eigenvalue weighted by Crippen LogP contribution is 2.44. The lowest BCUT2D eigenvalue weighted by Gasteiger charge is -2.15. The third kappa shape index (κ3) is 2.35. The lowest BCUT2D eigenvalue weighted by atomic mass is 9.97. The van der Waals surface area contributed by atoms with Gasteiger partial charge < -0.3 is 9.47 Å². The molecule has 2 aliphatic heterocycles. The fourth-order valence-electron chi connectivity index (χ4n) is 2.64. The molecule has 4 heteroatoms. The predicted octanol–water partition coefficient (Wildman–Crippen LogP) is 3.45. The van der Waals surface area contributed by atoms with E-state index in [0.29, 0.717) is 12.0 Å². The number of alkyl halides is 1. The molecule has 17 heavy (non-hydrogen) atoms. The second kappa shape index (κ2) is 4.82. The Morgan fingerprint density at radius 3 is 2.59 bits per heavy atom. The molecule has 2 nitrogen and oxygen atoms in total. The van der Waals surface area contributed by atoms with Crippen LogP contribution in [-0.2, 0) is 9.47 Å². The van der Waals surface area contributed by atoms with Gasteiger partial charge in [0.2, 0.25) is 0 Å². The summed E-state index contributed by atoms with van der Waals surface area (Å²) in [7, 11) is 0. The van der Waals surface area contributed by atoms with Gasteiger partial charge in [0, 0.05) is 10.3 Å². The van der Waals surface area contributed by atoms with Gasteiger partial charge in [-0.3, -0.25) is 0 Å². The van der Waals surface area contributed by atoms with Crippen LogP contribution >= 0.6 is 22.6 Å². The quantitative estimate of drug-likeness (QED) is 0.602. The standard InChI is InChI=1S/C13H14FIO2/c14-10-3-1-8(2-4-10)12-6-9-5-11(7-15)16-13(9)17-12/h1-4,9,11-13H,5-7H2. The van der Waals surface area contributed by atoms with E-state index in [0.717, 1.165) is 22.8 Å². The average Bonchev–Trinajstić information content (AvgIpc) is 2.87. The topological polar surface area (TPSA) is 18.5 Å². The number of rotatable bonds is 2. The molecule has 92 valence electrons. The van der Waals surface area contributed by atoms with Crippen LogP contribution in [0.15, 0.2) is 24.3 Å².